The largest absolute Gasteiger partial charge is 4.00 e. The van der Waals surface area contributed by atoms with Gasteiger partial charge < -0.3 is 22.3 Å². The van der Waals surface area contributed by atoms with Crippen LogP contribution in [0.3, 0.4) is 0 Å². The van der Waals surface area contributed by atoms with E-state index in [-0.39, 0.29) is 43.3 Å². The van der Waals surface area contributed by atoms with Crippen LogP contribution in [0, 0.1) is 29.2 Å². The van der Waals surface area contributed by atoms with Crippen LogP contribution < -0.4 is 0 Å². The van der Waals surface area contributed by atoms with Gasteiger partial charge in [0.25, 0.3) is 0 Å². The Labute approximate surface area is 171 Å². The summed E-state index contributed by atoms with van der Waals surface area (Å²) in [5, 5.41) is 8.12. The minimum atomic E-state index is 0. The number of hydrogen-bond acceptors (Lipinski definition) is 0. The van der Waals surface area contributed by atoms with Gasteiger partial charge in [-0.3, -0.25) is 0 Å². The molecule has 0 heterocycles. The van der Waals surface area contributed by atoms with Gasteiger partial charge in [0.15, 0.2) is 0 Å². The van der Waals surface area contributed by atoms with Crippen LogP contribution in [0.15, 0.2) is 72.8 Å². The molecule has 5 aromatic rings. The van der Waals surface area contributed by atoms with Gasteiger partial charge in [-0.15, -0.1) is 0 Å². The molecule has 0 saturated carbocycles. The monoisotopic (exact) mass is 519 g/mol. The molecule has 0 amide bonds. The number of hydrogen-bond donors (Lipinski definition) is 0. The summed E-state index contributed by atoms with van der Waals surface area (Å²) in [5.41, 5.74) is 3.97. The molecular formula is C25H24Pt. The molecule has 0 aliphatic heterocycles. The van der Waals surface area contributed by atoms with Crippen LogP contribution in [0.4, 0.5) is 0 Å². The van der Waals surface area contributed by atoms with Crippen molar-refractivity contribution in [1.82, 2.24) is 0 Å². The van der Waals surface area contributed by atoms with Gasteiger partial charge in [-0.1, -0.05) is 67.1 Å². The summed E-state index contributed by atoms with van der Waals surface area (Å²) in [6.45, 7) is 2.15. The van der Waals surface area contributed by atoms with E-state index in [0.29, 0.717) is 0 Å². The zero-order valence-corrected chi connectivity index (χ0v) is 18.0. The third-order valence-corrected chi connectivity index (χ3v) is 4.75. The molecule has 0 N–H and O–H groups in total. The molecule has 0 atom stereocenters. The van der Waals surface area contributed by atoms with Crippen LogP contribution in [-0.4, -0.2) is 0 Å². The molecule has 134 valence electrons. The second-order valence-corrected chi connectivity index (χ2v) is 6.15. The number of benzene rings is 4. The topological polar surface area (TPSA) is 0 Å². The van der Waals surface area contributed by atoms with Gasteiger partial charge in [-0.2, -0.15) is 23.3 Å². The first kappa shape index (κ1) is 22.0. The fraction of sp³-hybridized carbons (Fsp3) is 0.0400. The van der Waals surface area contributed by atoms with Crippen LogP contribution in [0.5, 0.6) is 0 Å². The first-order valence-corrected chi connectivity index (χ1v) is 7.71. The Morgan fingerprint density at radius 2 is 1.23 bits per heavy atom. The summed E-state index contributed by atoms with van der Waals surface area (Å²) < 4.78 is 0. The Hall–Kier alpha value is -2.04. The van der Waals surface area contributed by atoms with Crippen molar-refractivity contribution in [3.63, 3.8) is 0 Å². The predicted octanol–water partition coefficient (Wildman–Crippen LogP) is 7.63. The summed E-state index contributed by atoms with van der Waals surface area (Å²) in [5.74, 6) is 0. The zero-order valence-electron chi connectivity index (χ0n) is 15.7. The first-order valence-electron chi connectivity index (χ1n) is 7.71. The normalized spacial score (nSPS) is 10.0. The molecule has 0 saturated heterocycles. The minimum Gasteiger partial charge on any atom is -0.358 e. The Bertz CT molecular complexity index is 1120. The SMILES string of the molecule is C[c-]1ccc(-c2ccc3ccc4cccc5ccc2c3c45)c1.[CH3-].[CH3-].[CH3-].[Pt+4]. The summed E-state index contributed by atoms with van der Waals surface area (Å²) in [4.78, 5) is 0. The smallest absolute Gasteiger partial charge is 0.358 e. The van der Waals surface area contributed by atoms with Crippen LogP contribution in [0.25, 0.3) is 43.4 Å². The third-order valence-electron chi connectivity index (χ3n) is 4.75. The van der Waals surface area contributed by atoms with Crippen LogP contribution in [0.1, 0.15) is 5.56 Å². The fourth-order valence-electron chi connectivity index (χ4n) is 3.72. The van der Waals surface area contributed by atoms with E-state index in [2.05, 4.69) is 79.7 Å². The minimum absolute atomic E-state index is 0. The summed E-state index contributed by atoms with van der Waals surface area (Å²) in [7, 11) is 0. The van der Waals surface area contributed by atoms with Crippen molar-refractivity contribution < 1.29 is 21.1 Å². The molecule has 0 fully saturated rings. The first-order chi connectivity index (χ1) is 10.8. The molecule has 0 aliphatic carbocycles. The zero-order chi connectivity index (χ0) is 14.7. The van der Waals surface area contributed by atoms with Crippen molar-refractivity contribution in [3.8, 4) is 11.1 Å². The molecule has 26 heavy (non-hydrogen) atoms. The van der Waals surface area contributed by atoms with Gasteiger partial charge >= 0.3 is 21.1 Å². The van der Waals surface area contributed by atoms with Crippen LogP contribution in [0.2, 0.25) is 0 Å². The Balaban J connectivity index is 0.000000845. The summed E-state index contributed by atoms with van der Waals surface area (Å²) in [6, 6.07) is 26.8. The molecule has 0 spiro atoms. The maximum atomic E-state index is 2.28. The van der Waals surface area contributed by atoms with Gasteiger partial charge in [-0.25, -0.2) is 6.07 Å². The van der Waals surface area contributed by atoms with Crippen LogP contribution in [-0.2, 0) is 21.1 Å². The van der Waals surface area contributed by atoms with Gasteiger partial charge in [0.05, 0.1) is 0 Å². The maximum Gasteiger partial charge on any atom is 4.00 e. The van der Waals surface area contributed by atoms with E-state index in [1.807, 2.05) is 0 Å². The molecule has 0 bridgehead atoms. The number of rotatable bonds is 1. The van der Waals surface area contributed by atoms with E-state index in [0.717, 1.165) is 0 Å². The third kappa shape index (κ3) is 3.08. The average Bonchev–Trinajstić information content (AvgIpc) is 2.99. The molecule has 0 aliphatic rings. The molecular weight excluding hydrogens is 495 g/mol. The molecule has 0 radical (unpaired) electrons. The van der Waals surface area contributed by atoms with Gasteiger partial charge in [0, 0.05) is 0 Å². The van der Waals surface area contributed by atoms with Crippen molar-refractivity contribution in [2.75, 3.05) is 0 Å². The second kappa shape index (κ2) is 8.10. The van der Waals surface area contributed by atoms with Crippen molar-refractivity contribution in [1.29, 1.82) is 0 Å². The molecule has 5 rings (SSSR count). The van der Waals surface area contributed by atoms with E-state index in [4.69, 9.17) is 0 Å². The Morgan fingerprint density at radius 1 is 0.654 bits per heavy atom. The molecule has 5 aromatic carbocycles. The molecule has 1 heteroatoms. The summed E-state index contributed by atoms with van der Waals surface area (Å²) in [6.07, 6.45) is 0. The van der Waals surface area contributed by atoms with Gasteiger partial charge in [0.1, 0.15) is 0 Å². The van der Waals surface area contributed by atoms with E-state index in [1.54, 1.807) is 0 Å². The standard InChI is InChI=1S/C22H15.3CH3.Pt/c1-14-5-6-18(13-14)19-11-9-17-8-7-15-3-2-4-16-10-12-20(19)22(17)21(15)16;;;;/h2-13H,1H3;3*1H3;/q4*-1;+4. The van der Waals surface area contributed by atoms with Crippen molar-refractivity contribution in [2.45, 2.75) is 6.92 Å². The Morgan fingerprint density at radius 3 is 1.85 bits per heavy atom. The predicted molar refractivity (Wildman–Crippen MR) is 115 cm³/mol. The molecule has 0 unspecified atom stereocenters. The van der Waals surface area contributed by atoms with Crippen LogP contribution >= 0.6 is 0 Å². The van der Waals surface area contributed by atoms with E-state index in [9.17, 15) is 0 Å². The van der Waals surface area contributed by atoms with Crippen molar-refractivity contribution in [3.05, 3.63) is 101 Å². The molecule has 0 nitrogen and oxygen atoms in total. The quantitative estimate of drug-likeness (QED) is 0.158. The maximum absolute atomic E-state index is 2.28. The number of aryl methyl sites for hydroxylation is 1. The van der Waals surface area contributed by atoms with E-state index in [1.165, 1.54) is 49.0 Å². The average molecular weight is 520 g/mol. The fourth-order valence-corrected chi connectivity index (χ4v) is 3.72. The van der Waals surface area contributed by atoms with E-state index < -0.39 is 0 Å². The van der Waals surface area contributed by atoms with E-state index >= 15 is 0 Å². The van der Waals surface area contributed by atoms with Crippen molar-refractivity contribution >= 4 is 32.3 Å². The second-order valence-electron chi connectivity index (χ2n) is 6.15. The van der Waals surface area contributed by atoms with Gasteiger partial charge in [-0.05, 0) is 32.3 Å². The molecule has 0 aromatic heterocycles. The van der Waals surface area contributed by atoms with Crippen molar-refractivity contribution in [2.24, 2.45) is 0 Å². The Kier molecular flexibility index (Phi) is 6.86. The summed E-state index contributed by atoms with van der Waals surface area (Å²) >= 11 is 0. The van der Waals surface area contributed by atoms with Gasteiger partial charge in [0.2, 0.25) is 0 Å².